The number of nitrogens with zero attached hydrogens (tertiary/aromatic N) is 5. The lowest BCUT2D eigenvalue weighted by molar-refractivity contribution is 0.139. The van der Waals surface area contributed by atoms with Crippen LogP contribution in [0, 0.1) is 17.1 Å². The minimum atomic E-state index is -4.86. The summed E-state index contributed by atoms with van der Waals surface area (Å²) in [5.41, 5.74) is -1.42. The zero-order valence-electron chi connectivity index (χ0n) is 20.3. The van der Waals surface area contributed by atoms with Gasteiger partial charge in [-0.15, -0.1) is 0 Å². The predicted molar refractivity (Wildman–Crippen MR) is 138 cm³/mol. The Morgan fingerprint density at radius 1 is 1.36 bits per heavy atom. The Morgan fingerprint density at radius 3 is 2.69 bits per heavy atom. The first-order chi connectivity index (χ1) is 18.5. The molecule has 2 fully saturated rings. The lowest BCUT2D eigenvalue weighted by atomic mass is 10.1. The molecule has 3 heterocycles. The third kappa shape index (κ3) is 6.28. The molecule has 0 aliphatic carbocycles. The van der Waals surface area contributed by atoms with Gasteiger partial charge in [-0.2, -0.15) is 36.2 Å². The van der Waals surface area contributed by atoms with Crippen LogP contribution in [0.2, 0.25) is 5.02 Å². The van der Waals surface area contributed by atoms with E-state index in [1.807, 2.05) is 0 Å². The summed E-state index contributed by atoms with van der Waals surface area (Å²) in [4.78, 5) is 12.9. The van der Waals surface area contributed by atoms with Crippen LogP contribution < -0.4 is 15.2 Å². The number of benzene rings is 1. The standard InChI is InChI=1S/C22H24ClF3N6O5S2/c23-20-18(28-11-16-13-37-7-8-38(16)34)12-29-31(21(20)33)15-3-5-30(6-4-15)39(35,36)32(22(25)26)19-2-1-14(10-27)9-17(19)24/h1-2,9,12,15-16,22,28H,3-8,11,13H2. The van der Waals surface area contributed by atoms with Crippen molar-refractivity contribution in [2.75, 3.05) is 48.2 Å². The Labute approximate surface area is 230 Å². The van der Waals surface area contributed by atoms with Crippen molar-refractivity contribution in [3.8, 4) is 6.07 Å². The lowest BCUT2D eigenvalue weighted by Crippen LogP contribution is -2.50. The molecule has 2 aromatic rings. The van der Waals surface area contributed by atoms with Gasteiger partial charge in [-0.1, -0.05) is 11.6 Å². The number of ether oxygens (including phenoxy) is 1. The van der Waals surface area contributed by atoms with Crippen LogP contribution in [0.5, 0.6) is 0 Å². The van der Waals surface area contributed by atoms with Gasteiger partial charge in [0, 0.05) is 13.1 Å². The van der Waals surface area contributed by atoms with Gasteiger partial charge in [0.1, 0.15) is 16.6 Å². The Morgan fingerprint density at radius 2 is 2.08 bits per heavy atom. The fourth-order valence-electron chi connectivity index (χ4n) is 4.33. The zero-order chi connectivity index (χ0) is 28.3. The molecule has 1 aromatic heterocycles. The van der Waals surface area contributed by atoms with Crippen molar-refractivity contribution in [3.05, 3.63) is 51.2 Å². The predicted octanol–water partition coefficient (Wildman–Crippen LogP) is 2.08. The Balaban J connectivity index is 1.45. The van der Waals surface area contributed by atoms with Gasteiger partial charge < -0.3 is 14.6 Å². The van der Waals surface area contributed by atoms with Gasteiger partial charge in [0.25, 0.3) is 5.56 Å². The van der Waals surface area contributed by atoms with Gasteiger partial charge in [-0.25, -0.2) is 9.07 Å². The summed E-state index contributed by atoms with van der Waals surface area (Å²) in [6.45, 7) is -3.08. The molecular formula is C22H24ClF3N6O5S2. The molecule has 39 heavy (non-hydrogen) atoms. The SMILES string of the molecule is N#Cc1ccc(N(C(F)F)S(=O)(=O)N2CCC(n3ncc(NCC4COCC[S+]4[O-])c(Cl)c3=O)CC2)c(F)c1. The third-order valence-corrected chi connectivity index (χ3v) is 10.3. The van der Waals surface area contributed by atoms with E-state index in [9.17, 15) is 30.9 Å². The topological polar surface area (TPSA) is 144 Å². The van der Waals surface area contributed by atoms with E-state index in [0.717, 1.165) is 21.1 Å². The van der Waals surface area contributed by atoms with Crippen LogP contribution in [0.25, 0.3) is 0 Å². The van der Waals surface area contributed by atoms with Crippen molar-refractivity contribution in [2.45, 2.75) is 30.7 Å². The molecule has 2 aliphatic rings. The molecule has 4 rings (SSSR count). The van der Waals surface area contributed by atoms with E-state index in [4.69, 9.17) is 21.6 Å². The fourth-order valence-corrected chi connectivity index (χ4v) is 7.18. The minimum Gasteiger partial charge on any atom is -0.616 e. The van der Waals surface area contributed by atoms with Crippen molar-refractivity contribution in [3.63, 3.8) is 0 Å². The van der Waals surface area contributed by atoms with Crippen LogP contribution in [-0.4, -0.2) is 77.5 Å². The second-order valence-corrected chi connectivity index (χ2v) is 12.8. The van der Waals surface area contributed by atoms with Gasteiger partial charge in [0.2, 0.25) is 0 Å². The molecule has 0 amide bonds. The summed E-state index contributed by atoms with van der Waals surface area (Å²) < 4.78 is 87.3. The number of anilines is 2. The highest BCUT2D eigenvalue weighted by atomic mass is 35.5. The number of nitriles is 1. The molecule has 1 N–H and O–H groups in total. The Bertz CT molecular complexity index is 1400. The minimum absolute atomic E-state index is 0.0561. The van der Waals surface area contributed by atoms with E-state index in [1.165, 1.54) is 6.20 Å². The van der Waals surface area contributed by atoms with Crippen LogP contribution in [0.15, 0.2) is 29.2 Å². The highest BCUT2D eigenvalue weighted by molar-refractivity contribution is 7.92. The molecular weight excluding hydrogens is 585 g/mol. The maximum absolute atomic E-state index is 14.4. The summed E-state index contributed by atoms with van der Waals surface area (Å²) in [6.07, 6.45) is 1.45. The molecule has 11 nitrogen and oxygen atoms in total. The molecule has 1 aromatic carbocycles. The molecule has 2 atom stereocenters. The van der Waals surface area contributed by atoms with E-state index < -0.39 is 51.0 Å². The summed E-state index contributed by atoms with van der Waals surface area (Å²) in [7, 11) is -4.86. The van der Waals surface area contributed by atoms with Crippen molar-refractivity contribution in [1.29, 1.82) is 5.26 Å². The van der Waals surface area contributed by atoms with Crippen molar-refractivity contribution in [1.82, 2.24) is 14.1 Å². The smallest absolute Gasteiger partial charge is 0.329 e. The number of hydrogen-bond donors (Lipinski definition) is 1. The highest BCUT2D eigenvalue weighted by Gasteiger charge is 2.39. The number of rotatable bonds is 8. The second kappa shape index (κ2) is 12.3. The van der Waals surface area contributed by atoms with Gasteiger partial charge in [0.05, 0.1) is 55.0 Å². The number of aromatic nitrogens is 2. The Kier molecular flexibility index (Phi) is 9.29. The monoisotopic (exact) mass is 608 g/mol. The maximum atomic E-state index is 14.4. The summed E-state index contributed by atoms with van der Waals surface area (Å²) in [5, 5.41) is 15.6. The van der Waals surface area contributed by atoms with Crippen LogP contribution in [0.3, 0.4) is 0 Å². The summed E-state index contributed by atoms with van der Waals surface area (Å²) in [5.74, 6) is -0.861. The first kappa shape index (κ1) is 29.4. The average molecular weight is 609 g/mol. The quantitative estimate of drug-likeness (QED) is 0.354. The molecule has 2 unspecified atom stereocenters. The zero-order valence-corrected chi connectivity index (χ0v) is 22.7. The van der Waals surface area contributed by atoms with Crippen molar-refractivity contribution >= 4 is 44.4 Å². The van der Waals surface area contributed by atoms with Crippen LogP contribution in [0.1, 0.15) is 24.4 Å². The number of hydrogen-bond acceptors (Lipinski definition) is 8. The molecule has 212 valence electrons. The molecule has 2 aliphatic heterocycles. The van der Waals surface area contributed by atoms with E-state index in [-0.39, 0.29) is 58.3 Å². The van der Waals surface area contributed by atoms with Crippen LogP contribution >= 0.6 is 11.6 Å². The highest BCUT2D eigenvalue weighted by Crippen LogP contribution is 2.31. The van der Waals surface area contributed by atoms with E-state index in [2.05, 4.69) is 10.4 Å². The van der Waals surface area contributed by atoms with Gasteiger partial charge in [-0.3, -0.25) is 4.79 Å². The second-order valence-electron chi connectivity index (χ2n) is 8.77. The Hall–Kier alpha value is -2.55. The normalized spacial score (nSPS) is 21.1. The molecule has 2 saturated heterocycles. The molecule has 0 saturated carbocycles. The molecule has 17 heteroatoms. The van der Waals surface area contributed by atoms with E-state index >= 15 is 0 Å². The van der Waals surface area contributed by atoms with Crippen LogP contribution in [-0.2, 0) is 26.1 Å². The number of alkyl halides is 2. The van der Waals surface area contributed by atoms with Gasteiger partial charge in [-0.05, 0) is 42.2 Å². The average Bonchev–Trinajstić information content (AvgIpc) is 2.91. The first-order valence-electron chi connectivity index (χ1n) is 11.8. The number of nitrogens with one attached hydrogen (secondary N) is 1. The van der Waals surface area contributed by atoms with E-state index in [1.54, 1.807) is 6.07 Å². The van der Waals surface area contributed by atoms with E-state index in [0.29, 0.717) is 25.0 Å². The van der Waals surface area contributed by atoms with Crippen molar-refractivity contribution < 1.29 is 30.9 Å². The van der Waals surface area contributed by atoms with Crippen LogP contribution in [0.4, 0.5) is 24.5 Å². The third-order valence-electron chi connectivity index (χ3n) is 6.40. The number of halogens is 4. The molecule has 0 spiro atoms. The summed E-state index contributed by atoms with van der Waals surface area (Å²) >= 11 is 5.18. The molecule has 0 radical (unpaired) electrons. The van der Waals surface area contributed by atoms with Crippen molar-refractivity contribution in [2.24, 2.45) is 0 Å². The fraction of sp³-hybridized carbons (Fsp3) is 0.500. The van der Waals surface area contributed by atoms with Gasteiger partial charge in [0.15, 0.2) is 5.25 Å². The number of piperidine rings is 1. The first-order valence-corrected chi connectivity index (χ1v) is 14.9. The largest absolute Gasteiger partial charge is 0.616 e. The molecule has 0 bridgehead atoms. The maximum Gasteiger partial charge on any atom is 0.329 e. The van der Waals surface area contributed by atoms with Gasteiger partial charge >= 0.3 is 16.8 Å². The lowest BCUT2D eigenvalue weighted by Gasteiger charge is -2.35. The summed E-state index contributed by atoms with van der Waals surface area (Å²) in [6, 6.07) is 3.61.